The van der Waals surface area contributed by atoms with Gasteiger partial charge in [-0.3, -0.25) is 14.5 Å². The Morgan fingerprint density at radius 3 is 2.88 bits per heavy atom. The number of carbonyl (C=O) groups excluding carboxylic acids is 1. The molecule has 1 aromatic heterocycles. The van der Waals surface area contributed by atoms with E-state index >= 15 is 0 Å². The number of aryl methyl sites for hydroxylation is 2. The minimum Gasteiger partial charge on any atom is -0.491 e. The van der Waals surface area contributed by atoms with Crippen molar-refractivity contribution in [2.75, 3.05) is 20.2 Å². The Labute approximate surface area is 147 Å². The molecule has 0 radical (unpaired) electrons. The molecule has 0 saturated carbocycles. The first-order chi connectivity index (χ1) is 11.5. The molecule has 0 unspecified atom stereocenters. The van der Waals surface area contributed by atoms with Gasteiger partial charge in [0, 0.05) is 13.5 Å². The van der Waals surface area contributed by atoms with Gasteiger partial charge in [0.1, 0.15) is 24.7 Å². The molecule has 0 bridgehead atoms. The highest BCUT2D eigenvalue weighted by atomic mass is 32.1. The Hall–Kier alpha value is -2.15. The molecule has 130 valence electrons. The summed E-state index contributed by atoms with van der Waals surface area (Å²) in [7, 11) is 1.77. The average molecular weight is 348 g/mol. The van der Waals surface area contributed by atoms with Gasteiger partial charge in [-0.1, -0.05) is 25.1 Å². The molecule has 1 amide bonds. The second kappa shape index (κ2) is 8.63. The van der Waals surface area contributed by atoms with Gasteiger partial charge in [-0.15, -0.1) is 0 Å². The lowest BCUT2D eigenvalue weighted by molar-refractivity contribution is -0.130. The molecule has 0 atom stereocenters. The molecular weight excluding hydrogens is 324 g/mol. The number of ether oxygens (including phenoxy) is 1. The number of nitrogens with one attached hydrogen (secondary N) is 1. The van der Waals surface area contributed by atoms with Gasteiger partial charge in [0.2, 0.25) is 5.91 Å². The summed E-state index contributed by atoms with van der Waals surface area (Å²) in [6, 6.07) is 7.84. The van der Waals surface area contributed by atoms with E-state index in [-0.39, 0.29) is 12.5 Å². The van der Waals surface area contributed by atoms with Crippen LogP contribution in [0.15, 0.2) is 24.3 Å². The van der Waals surface area contributed by atoms with Crippen molar-refractivity contribution in [1.29, 1.82) is 0 Å². The van der Waals surface area contributed by atoms with Crippen LogP contribution < -0.4 is 4.74 Å². The first-order valence-electron chi connectivity index (χ1n) is 8.09. The van der Waals surface area contributed by atoms with Crippen molar-refractivity contribution in [2.24, 2.45) is 0 Å². The van der Waals surface area contributed by atoms with Gasteiger partial charge in [0.15, 0.2) is 4.77 Å². The zero-order chi connectivity index (χ0) is 17.5. The Kier molecular flexibility index (Phi) is 6.54. The number of aromatic nitrogens is 3. The summed E-state index contributed by atoms with van der Waals surface area (Å²) >= 11 is 5.21. The van der Waals surface area contributed by atoms with E-state index in [9.17, 15) is 4.79 Å². The van der Waals surface area contributed by atoms with Gasteiger partial charge in [-0.2, -0.15) is 5.10 Å². The molecule has 2 aromatic rings. The molecule has 1 aromatic carbocycles. The molecule has 0 fully saturated rings. The average Bonchev–Trinajstić information content (AvgIpc) is 2.90. The zero-order valence-electron chi connectivity index (χ0n) is 14.4. The molecule has 24 heavy (non-hydrogen) atoms. The summed E-state index contributed by atoms with van der Waals surface area (Å²) in [5.74, 6) is 1.65. The van der Waals surface area contributed by atoms with Gasteiger partial charge >= 0.3 is 0 Å². The summed E-state index contributed by atoms with van der Waals surface area (Å²) in [6.07, 6.45) is 1.74. The van der Waals surface area contributed by atoms with E-state index in [1.165, 1.54) is 0 Å². The van der Waals surface area contributed by atoms with Crippen molar-refractivity contribution in [3.8, 4) is 5.75 Å². The maximum absolute atomic E-state index is 12.4. The smallest absolute Gasteiger partial charge is 0.242 e. The molecule has 1 heterocycles. The third-order valence-corrected chi connectivity index (χ3v) is 4.12. The standard InChI is InChI=1S/C17H24N4O2S/c1-4-7-15-18-19-17(24)21(15)12-16(22)20(3)10-11-23-14-9-6-5-8-13(14)2/h5-6,8-9H,4,7,10-12H2,1-3H3,(H,19,24). The van der Waals surface area contributed by atoms with Crippen LogP contribution >= 0.6 is 12.2 Å². The summed E-state index contributed by atoms with van der Waals surface area (Å²) in [5.41, 5.74) is 1.08. The number of hydrogen-bond acceptors (Lipinski definition) is 4. The van der Waals surface area contributed by atoms with Crippen LogP contribution in [0.4, 0.5) is 0 Å². The van der Waals surface area contributed by atoms with E-state index in [0.29, 0.717) is 17.9 Å². The van der Waals surface area contributed by atoms with E-state index < -0.39 is 0 Å². The summed E-state index contributed by atoms with van der Waals surface area (Å²) in [6.45, 7) is 5.23. The molecule has 0 saturated heterocycles. The molecule has 0 aliphatic heterocycles. The van der Waals surface area contributed by atoms with Gasteiger partial charge in [-0.05, 0) is 37.2 Å². The van der Waals surface area contributed by atoms with Crippen molar-refractivity contribution in [1.82, 2.24) is 19.7 Å². The van der Waals surface area contributed by atoms with Crippen LogP contribution in [-0.4, -0.2) is 45.8 Å². The lowest BCUT2D eigenvalue weighted by Gasteiger charge is -2.18. The minimum absolute atomic E-state index is 0.0155. The summed E-state index contributed by atoms with van der Waals surface area (Å²) < 4.78 is 7.99. The van der Waals surface area contributed by atoms with E-state index in [1.807, 2.05) is 31.2 Å². The largest absolute Gasteiger partial charge is 0.491 e. The number of H-pyrrole nitrogens is 1. The summed E-state index contributed by atoms with van der Waals surface area (Å²) in [4.78, 5) is 14.0. The molecule has 7 heteroatoms. The van der Waals surface area contributed by atoms with Crippen molar-refractivity contribution in [3.63, 3.8) is 0 Å². The number of aromatic amines is 1. The molecule has 1 N–H and O–H groups in total. The predicted octanol–water partition coefficient (Wildman–Crippen LogP) is 2.74. The maximum atomic E-state index is 12.4. The van der Waals surface area contributed by atoms with Crippen LogP contribution in [0.1, 0.15) is 24.7 Å². The number of benzene rings is 1. The van der Waals surface area contributed by atoms with Gasteiger partial charge in [0.25, 0.3) is 0 Å². The fraction of sp³-hybridized carbons (Fsp3) is 0.471. The topological polar surface area (TPSA) is 63.2 Å². The number of amides is 1. The first kappa shape index (κ1) is 18.2. The lowest BCUT2D eigenvalue weighted by atomic mass is 10.2. The van der Waals surface area contributed by atoms with Gasteiger partial charge in [0.05, 0.1) is 6.54 Å². The van der Waals surface area contributed by atoms with Crippen molar-refractivity contribution in [3.05, 3.63) is 40.4 Å². The van der Waals surface area contributed by atoms with E-state index in [1.54, 1.807) is 16.5 Å². The second-order valence-corrected chi connectivity index (χ2v) is 6.10. The van der Waals surface area contributed by atoms with Crippen LogP contribution in [-0.2, 0) is 17.8 Å². The fourth-order valence-electron chi connectivity index (χ4n) is 2.32. The van der Waals surface area contributed by atoms with Gasteiger partial charge in [-0.25, -0.2) is 0 Å². The Balaban J connectivity index is 1.88. The number of hydrogen-bond donors (Lipinski definition) is 1. The molecular formula is C17H24N4O2S. The number of nitrogens with zero attached hydrogens (tertiary/aromatic N) is 3. The van der Waals surface area contributed by atoms with Crippen molar-refractivity contribution >= 4 is 18.1 Å². The monoisotopic (exact) mass is 348 g/mol. The van der Waals surface area contributed by atoms with E-state index in [4.69, 9.17) is 17.0 Å². The Morgan fingerprint density at radius 2 is 2.17 bits per heavy atom. The number of rotatable bonds is 8. The molecule has 0 spiro atoms. The van der Waals surface area contributed by atoms with Crippen LogP contribution in [0.2, 0.25) is 0 Å². The highest BCUT2D eigenvalue weighted by Crippen LogP contribution is 2.15. The number of carbonyl (C=O) groups is 1. The van der Waals surface area contributed by atoms with Crippen molar-refractivity contribution < 1.29 is 9.53 Å². The fourth-order valence-corrected chi connectivity index (χ4v) is 2.53. The zero-order valence-corrected chi connectivity index (χ0v) is 15.2. The number of likely N-dealkylation sites (N-methyl/N-ethyl adjacent to an activating group) is 1. The Morgan fingerprint density at radius 1 is 1.42 bits per heavy atom. The SMILES string of the molecule is CCCc1n[nH]c(=S)n1CC(=O)N(C)CCOc1ccccc1C. The third kappa shape index (κ3) is 4.67. The Bertz CT molecular complexity index is 738. The summed E-state index contributed by atoms with van der Waals surface area (Å²) in [5, 5.41) is 6.94. The van der Waals surface area contributed by atoms with Crippen LogP contribution in [0.3, 0.4) is 0 Å². The molecule has 0 aliphatic carbocycles. The maximum Gasteiger partial charge on any atom is 0.242 e. The third-order valence-electron chi connectivity index (χ3n) is 3.81. The first-order valence-corrected chi connectivity index (χ1v) is 8.50. The van der Waals surface area contributed by atoms with Crippen LogP contribution in [0.5, 0.6) is 5.75 Å². The lowest BCUT2D eigenvalue weighted by Crippen LogP contribution is -2.34. The normalized spacial score (nSPS) is 10.6. The van der Waals surface area contributed by atoms with Crippen molar-refractivity contribution in [2.45, 2.75) is 33.2 Å². The second-order valence-electron chi connectivity index (χ2n) is 5.71. The van der Waals surface area contributed by atoms with Gasteiger partial charge < -0.3 is 9.64 Å². The van der Waals surface area contributed by atoms with Crippen LogP contribution in [0.25, 0.3) is 0 Å². The number of para-hydroxylation sites is 1. The highest BCUT2D eigenvalue weighted by molar-refractivity contribution is 7.71. The van der Waals surface area contributed by atoms with Crippen LogP contribution in [0, 0.1) is 11.7 Å². The highest BCUT2D eigenvalue weighted by Gasteiger charge is 2.13. The molecule has 2 rings (SSSR count). The quantitative estimate of drug-likeness (QED) is 0.745. The predicted molar refractivity (Wildman–Crippen MR) is 95.7 cm³/mol. The van der Waals surface area contributed by atoms with E-state index in [2.05, 4.69) is 17.1 Å². The minimum atomic E-state index is -0.0155. The molecule has 6 nitrogen and oxygen atoms in total. The van der Waals surface area contributed by atoms with E-state index in [0.717, 1.165) is 30.0 Å². The molecule has 0 aliphatic rings.